The fourth-order valence-corrected chi connectivity index (χ4v) is 3.88. The summed E-state index contributed by atoms with van der Waals surface area (Å²) in [6, 6.07) is 2.23. The Hall–Kier alpha value is -3.23. The van der Waals surface area contributed by atoms with E-state index in [0.717, 1.165) is 37.5 Å². The van der Waals surface area contributed by atoms with E-state index in [2.05, 4.69) is 5.10 Å². The summed E-state index contributed by atoms with van der Waals surface area (Å²) in [6.45, 7) is 3.80. The fraction of sp³-hybridized carbons (Fsp3) is 0.571. The standard InChI is InChI=1S/C21H24F6N4O5/c1-18(2)10-4-3-5-13(18)6-7-14(12-19(32,20(22,23)24)21(25,26)27)28-29-16-9-8-15(30(33)34)11-17(16)31(35)36/h6-9,11,13,29,32H,3-5,10,12H2,1-2H3/b7-6?,28-14+. The number of nitro groups is 2. The Bertz CT molecular complexity index is 1040. The van der Waals surface area contributed by atoms with Crippen molar-refractivity contribution in [2.24, 2.45) is 16.4 Å². The largest absolute Gasteiger partial charge is 0.426 e. The molecule has 1 aromatic carbocycles. The zero-order valence-corrected chi connectivity index (χ0v) is 19.2. The minimum absolute atomic E-state index is 0.213. The number of alkyl halides is 6. The summed E-state index contributed by atoms with van der Waals surface area (Å²) in [5.74, 6) is -0.213. The van der Waals surface area contributed by atoms with Crippen molar-refractivity contribution in [3.63, 3.8) is 0 Å². The molecule has 1 fully saturated rings. The van der Waals surface area contributed by atoms with E-state index < -0.39 is 57.0 Å². The molecule has 0 saturated heterocycles. The average molecular weight is 526 g/mol. The number of nitrogens with zero attached hydrogens (tertiary/aromatic N) is 3. The van der Waals surface area contributed by atoms with Crippen molar-refractivity contribution in [3.8, 4) is 0 Å². The van der Waals surface area contributed by atoms with Crippen molar-refractivity contribution in [2.75, 3.05) is 5.43 Å². The SMILES string of the molecule is CC1(C)CCCCC1C=C/C(CC(O)(C(F)(F)F)C(F)(F)F)=N\Nc1ccc([N+](=O)[O-])cc1[N+](=O)[O-]. The maximum atomic E-state index is 13.3. The van der Waals surface area contributed by atoms with Crippen molar-refractivity contribution in [2.45, 2.75) is 63.9 Å². The van der Waals surface area contributed by atoms with E-state index in [0.29, 0.717) is 12.5 Å². The van der Waals surface area contributed by atoms with Crippen LogP contribution in [0.1, 0.15) is 46.0 Å². The number of hydrogen-bond donors (Lipinski definition) is 2. The summed E-state index contributed by atoms with van der Waals surface area (Å²) in [6.07, 6.45) is -8.80. The molecule has 0 heterocycles. The highest BCUT2D eigenvalue weighted by Gasteiger charge is 2.70. The predicted molar refractivity (Wildman–Crippen MR) is 117 cm³/mol. The van der Waals surface area contributed by atoms with E-state index in [1.165, 1.54) is 6.08 Å². The van der Waals surface area contributed by atoms with Gasteiger partial charge in [0.1, 0.15) is 5.69 Å². The number of hydrogen-bond acceptors (Lipinski definition) is 7. The summed E-state index contributed by atoms with van der Waals surface area (Å²) in [5, 5.41) is 35.3. The number of allylic oxidation sites excluding steroid dienone is 2. The van der Waals surface area contributed by atoms with E-state index in [4.69, 9.17) is 0 Å². The monoisotopic (exact) mass is 526 g/mol. The van der Waals surface area contributed by atoms with Crippen LogP contribution >= 0.6 is 0 Å². The van der Waals surface area contributed by atoms with Gasteiger partial charge in [-0.3, -0.25) is 25.7 Å². The number of nitro benzene ring substituents is 2. The van der Waals surface area contributed by atoms with Crippen molar-refractivity contribution < 1.29 is 41.3 Å². The fourth-order valence-electron chi connectivity index (χ4n) is 3.88. The first-order valence-corrected chi connectivity index (χ1v) is 10.7. The Morgan fingerprint density at radius 1 is 1.14 bits per heavy atom. The first kappa shape index (κ1) is 29.0. The predicted octanol–water partition coefficient (Wildman–Crippen LogP) is 6.29. The number of halogens is 6. The van der Waals surface area contributed by atoms with E-state index in [9.17, 15) is 51.7 Å². The molecule has 1 atom stereocenters. The molecule has 1 unspecified atom stereocenters. The lowest BCUT2D eigenvalue weighted by atomic mass is 9.69. The Morgan fingerprint density at radius 2 is 1.75 bits per heavy atom. The van der Waals surface area contributed by atoms with Crippen molar-refractivity contribution in [3.05, 3.63) is 50.6 Å². The molecule has 1 saturated carbocycles. The molecule has 36 heavy (non-hydrogen) atoms. The second-order valence-electron chi connectivity index (χ2n) is 9.16. The summed E-state index contributed by atoms with van der Waals surface area (Å²) < 4.78 is 79.9. The van der Waals surface area contributed by atoms with Crippen LogP contribution in [0.3, 0.4) is 0 Å². The number of nitrogens with one attached hydrogen (secondary N) is 1. The molecule has 0 bridgehead atoms. The number of benzene rings is 1. The summed E-state index contributed by atoms with van der Waals surface area (Å²) in [5.41, 5.74) is -6.37. The van der Waals surface area contributed by atoms with Gasteiger partial charge in [0.25, 0.3) is 11.3 Å². The Kier molecular flexibility index (Phi) is 8.38. The molecule has 9 nitrogen and oxygen atoms in total. The summed E-state index contributed by atoms with van der Waals surface area (Å²) >= 11 is 0. The van der Waals surface area contributed by atoms with Gasteiger partial charge in [0.15, 0.2) is 0 Å². The minimum atomic E-state index is -6.11. The van der Waals surface area contributed by atoms with Crippen molar-refractivity contribution in [1.29, 1.82) is 0 Å². The van der Waals surface area contributed by atoms with Crippen LogP contribution in [0.25, 0.3) is 0 Å². The molecule has 0 aromatic heterocycles. The second-order valence-corrected chi connectivity index (χ2v) is 9.16. The van der Waals surface area contributed by atoms with Gasteiger partial charge in [-0.05, 0) is 36.3 Å². The van der Waals surface area contributed by atoms with E-state index in [1.807, 2.05) is 19.3 Å². The molecular formula is C21H24F6N4O5. The number of rotatable bonds is 8. The van der Waals surface area contributed by atoms with Crippen LogP contribution in [0, 0.1) is 31.6 Å². The topological polar surface area (TPSA) is 131 Å². The smallest absolute Gasteiger partial charge is 0.373 e. The quantitative estimate of drug-likeness (QED) is 0.177. The van der Waals surface area contributed by atoms with Gasteiger partial charge in [-0.15, -0.1) is 0 Å². The molecule has 1 aromatic rings. The molecule has 0 amide bonds. The van der Waals surface area contributed by atoms with Crippen molar-refractivity contribution in [1.82, 2.24) is 0 Å². The van der Waals surface area contributed by atoms with Crippen LogP contribution in [0.5, 0.6) is 0 Å². The van der Waals surface area contributed by atoms with Crippen molar-refractivity contribution >= 4 is 22.8 Å². The van der Waals surface area contributed by atoms with Gasteiger partial charge in [-0.25, -0.2) is 0 Å². The molecule has 0 aliphatic heterocycles. The lowest BCUT2D eigenvalue weighted by Crippen LogP contribution is -2.57. The Labute approximate surface area is 201 Å². The highest BCUT2D eigenvalue weighted by atomic mass is 19.4. The van der Waals surface area contributed by atoms with Gasteiger partial charge in [-0.1, -0.05) is 32.8 Å². The number of non-ortho nitro benzene ring substituents is 1. The molecule has 2 N–H and O–H groups in total. The first-order chi connectivity index (χ1) is 16.4. The van der Waals surface area contributed by atoms with Crippen LogP contribution in [0.4, 0.5) is 43.4 Å². The maximum absolute atomic E-state index is 13.3. The van der Waals surface area contributed by atoms with E-state index >= 15 is 0 Å². The van der Waals surface area contributed by atoms with E-state index in [-0.39, 0.29) is 11.3 Å². The maximum Gasteiger partial charge on any atom is 0.426 e. The third-order valence-corrected chi connectivity index (χ3v) is 6.19. The minimum Gasteiger partial charge on any atom is -0.373 e. The third kappa shape index (κ3) is 6.50. The van der Waals surface area contributed by atoms with Crippen LogP contribution < -0.4 is 5.43 Å². The van der Waals surface area contributed by atoms with E-state index in [1.54, 1.807) is 0 Å². The summed E-state index contributed by atoms with van der Waals surface area (Å²) in [7, 11) is 0. The Balaban J connectivity index is 2.53. The van der Waals surface area contributed by atoms with Gasteiger partial charge in [0.2, 0.25) is 0 Å². The number of aliphatic hydroxyl groups is 1. The third-order valence-electron chi connectivity index (χ3n) is 6.19. The van der Waals surface area contributed by atoms with Crippen LogP contribution in [0.15, 0.2) is 35.5 Å². The molecule has 1 aliphatic carbocycles. The van der Waals surface area contributed by atoms with Crippen LogP contribution in [0.2, 0.25) is 0 Å². The van der Waals surface area contributed by atoms with Gasteiger partial charge in [0.05, 0.1) is 21.6 Å². The van der Waals surface area contributed by atoms with Gasteiger partial charge < -0.3 is 5.11 Å². The highest BCUT2D eigenvalue weighted by Crippen LogP contribution is 2.46. The lowest BCUT2D eigenvalue weighted by Gasteiger charge is -2.37. The number of anilines is 1. The second kappa shape index (κ2) is 10.4. The van der Waals surface area contributed by atoms with Gasteiger partial charge in [-0.2, -0.15) is 31.4 Å². The molecule has 2 rings (SSSR count). The van der Waals surface area contributed by atoms with Gasteiger partial charge >= 0.3 is 18.0 Å². The highest BCUT2D eigenvalue weighted by molar-refractivity contribution is 5.96. The Morgan fingerprint density at radius 3 is 2.25 bits per heavy atom. The molecule has 200 valence electrons. The molecule has 1 aliphatic rings. The zero-order chi connectivity index (χ0) is 27.5. The van der Waals surface area contributed by atoms with Crippen LogP contribution in [-0.2, 0) is 0 Å². The number of hydrazone groups is 1. The van der Waals surface area contributed by atoms with Gasteiger partial charge in [0, 0.05) is 12.5 Å². The molecular weight excluding hydrogens is 502 g/mol. The lowest BCUT2D eigenvalue weighted by molar-refractivity contribution is -0.393. The summed E-state index contributed by atoms with van der Waals surface area (Å²) in [4.78, 5) is 20.2. The first-order valence-electron chi connectivity index (χ1n) is 10.7. The zero-order valence-electron chi connectivity index (χ0n) is 19.2. The van der Waals surface area contributed by atoms with Crippen LogP contribution in [-0.4, -0.2) is 38.6 Å². The molecule has 15 heteroatoms. The normalized spacial score (nSPS) is 19.4. The average Bonchev–Trinajstić information content (AvgIpc) is 2.74. The molecule has 0 spiro atoms. The molecule has 0 radical (unpaired) electrons.